The Hall–Kier alpha value is -2.02. The molecule has 4 heteroatoms. The lowest BCUT2D eigenvalue weighted by Crippen LogP contribution is -2.26. The van der Waals surface area contributed by atoms with Crippen LogP contribution in [0.25, 0.3) is 0 Å². The molecule has 2 N–H and O–H groups in total. The molecule has 0 radical (unpaired) electrons. The Labute approximate surface area is 126 Å². The maximum atomic E-state index is 12.0. The smallest absolute Gasteiger partial charge is 0.251 e. The minimum Gasteiger partial charge on any atom is -0.384 e. The van der Waals surface area contributed by atoms with Crippen LogP contribution in [-0.4, -0.2) is 18.5 Å². The van der Waals surface area contributed by atoms with Crippen LogP contribution >= 0.6 is 0 Å². The fourth-order valence-electron chi connectivity index (χ4n) is 2.09. The number of nitrogens with zero attached hydrogens (tertiary/aromatic N) is 1. The molecule has 1 saturated carbocycles. The molecule has 1 aromatic rings. The van der Waals surface area contributed by atoms with Crippen molar-refractivity contribution in [2.45, 2.75) is 45.6 Å². The molecule has 0 unspecified atom stereocenters. The van der Waals surface area contributed by atoms with Gasteiger partial charge in [-0.15, -0.1) is 0 Å². The van der Waals surface area contributed by atoms with Crippen LogP contribution in [0.3, 0.4) is 0 Å². The van der Waals surface area contributed by atoms with Gasteiger partial charge in [-0.25, -0.2) is 0 Å². The first kappa shape index (κ1) is 15.4. The zero-order chi connectivity index (χ0) is 15.3. The van der Waals surface area contributed by atoms with Gasteiger partial charge in [0.25, 0.3) is 5.91 Å². The van der Waals surface area contributed by atoms with Crippen molar-refractivity contribution < 1.29 is 4.79 Å². The topological polar surface area (TPSA) is 64.9 Å². The van der Waals surface area contributed by atoms with Crippen LogP contribution in [0.5, 0.6) is 0 Å². The second-order valence-corrected chi connectivity index (χ2v) is 6.50. The molecule has 1 aliphatic carbocycles. The third kappa shape index (κ3) is 5.11. The van der Waals surface area contributed by atoms with Gasteiger partial charge in [-0.3, -0.25) is 4.79 Å². The molecular formula is C17H23N3O. The number of anilines is 1. The normalized spacial score (nSPS) is 14.3. The van der Waals surface area contributed by atoms with Gasteiger partial charge in [0.05, 0.1) is 6.07 Å². The summed E-state index contributed by atoms with van der Waals surface area (Å²) in [6.45, 7) is 5.06. The number of hydrogen-bond donors (Lipinski definition) is 2. The first-order chi connectivity index (χ1) is 10.00. The van der Waals surface area contributed by atoms with Gasteiger partial charge in [0.15, 0.2) is 0 Å². The summed E-state index contributed by atoms with van der Waals surface area (Å²) in [7, 11) is 0. The van der Waals surface area contributed by atoms with Crippen LogP contribution < -0.4 is 10.6 Å². The van der Waals surface area contributed by atoms with Gasteiger partial charge in [-0.2, -0.15) is 5.26 Å². The molecule has 0 aliphatic heterocycles. The highest BCUT2D eigenvalue weighted by Gasteiger charge is 2.24. The number of amides is 1. The van der Waals surface area contributed by atoms with Crippen LogP contribution in [-0.2, 0) is 0 Å². The summed E-state index contributed by atoms with van der Waals surface area (Å²) in [6.07, 6.45) is 3.62. The average molecular weight is 285 g/mol. The van der Waals surface area contributed by atoms with Gasteiger partial charge in [-0.1, -0.05) is 19.9 Å². The van der Waals surface area contributed by atoms with Crippen molar-refractivity contribution in [2.75, 3.05) is 11.9 Å². The standard InChI is InChI=1S/C17H23N3O/c1-17(2,9-4-10-18)12-19-15-6-3-5-13(11-15)16(21)20-14-7-8-14/h3,5-6,11,14,19H,4,7-9,12H2,1-2H3,(H,20,21). The lowest BCUT2D eigenvalue weighted by atomic mass is 9.88. The predicted octanol–water partition coefficient (Wildman–Crippen LogP) is 3.32. The van der Waals surface area contributed by atoms with E-state index < -0.39 is 0 Å². The zero-order valence-corrected chi connectivity index (χ0v) is 12.8. The highest BCUT2D eigenvalue weighted by molar-refractivity contribution is 5.95. The van der Waals surface area contributed by atoms with Crippen molar-refractivity contribution in [1.29, 1.82) is 5.26 Å². The molecule has 0 saturated heterocycles. The summed E-state index contributed by atoms with van der Waals surface area (Å²) in [5, 5.41) is 15.0. The Balaban J connectivity index is 1.91. The summed E-state index contributed by atoms with van der Waals surface area (Å²) in [5.74, 6) is 0.00453. The summed E-state index contributed by atoms with van der Waals surface area (Å²) in [4.78, 5) is 12.0. The predicted molar refractivity (Wildman–Crippen MR) is 84.0 cm³/mol. The number of rotatable bonds is 7. The van der Waals surface area contributed by atoms with Crippen LogP contribution in [0.4, 0.5) is 5.69 Å². The van der Waals surface area contributed by atoms with Crippen LogP contribution in [0.2, 0.25) is 0 Å². The molecule has 1 fully saturated rings. The van der Waals surface area contributed by atoms with Crippen molar-refractivity contribution in [3.8, 4) is 6.07 Å². The molecular weight excluding hydrogens is 262 g/mol. The van der Waals surface area contributed by atoms with Crippen LogP contribution in [0.1, 0.15) is 49.9 Å². The molecule has 2 rings (SSSR count). The van der Waals surface area contributed by atoms with E-state index in [0.717, 1.165) is 31.5 Å². The van der Waals surface area contributed by atoms with E-state index >= 15 is 0 Å². The van der Waals surface area contributed by atoms with Gasteiger partial charge in [0.2, 0.25) is 0 Å². The Kier molecular flexibility index (Phi) is 4.85. The molecule has 112 valence electrons. The Bertz CT molecular complexity index is 541. The molecule has 1 amide bonds. The number of hydrogen-bond acceptors (Lipinski definition) is 3. The number of nitriles is 1. The zero-order valence-electron chi connectivity index (χ0n) is 12.8. The third-order valence-corrected chi connectivity index (χ3v) is 3.72. The van der Waals surface area contributed by atoms with E-state index in [1.165, 1.54) is 0 Å². The maximum absolute atomic E-state index is 12.0. The molecule has 0 bridgehead atoms. The van der Waals surface area contributed by atoms with Crippen LogP contribution in [0.15, 0.2) is 24.3 Å². The highest BCUT2D eigenvalue weighted by Crippen LogP contribution is 2.23. The second-order valence-electron chi connectivity index (χ2n) is 6.50. The summed E-state index contributed by atoms with van der Waals surface area (Å²) in [6, 6.07) is 10.1. The Morgan fingerprint density at radius 1 is 1.43 bits per heavy atom. The third-order valence-electron chi connectivity index (χ3n) is 3.72. The number of nitrogens with one attached hydrogen (secondary N) is 2. The van der Waals surface area contributed by atoms with Crippen molar-refractivity contribution in [3.63, 3.8) is 0 Å². The summed E-state index contributed by atoms with van der Waals surface area (Å²) < 4.78 is 0. The largest absolute Gasteiger partial charge is 0.384 e. The van der Waals surface area contributed by atoms with E-state index in [1.807, 2.05) is 24.3 Å². The van der Waals surface area contributed by atoms with E-state index in [2.05, 4.69) is 30.6 Å². The maximum Gasteiger partial charge on any atom is 0.251 e. The fraction of sp³-hybridized carbons (Fsp3) is 0.529. The molecule has 0 heterocycles. The number of carbonyl (C=O) groups excluding carboxylic acids is 1. The molecule has 0 aromatic heterocycles. The number of carbonyl (C=O) groups is 1. The van der Waals surface area contributed by atoms with Crippen molar-refractivity contribution in [1.82, 2.24) is 5.32 Å². The first-order valence-corrected chi connectivity index (χ1v) is 7.52. The first-order valence-electron chi connectivity index (χ1n) is 7.52. The van der Waals surface area contributed by atoms with E-state index in [9.17, 15) is 4.79 Å². The Morgan fingerprint density at radius 2 is 2.19 bits per heavy atom. The van der Waals surface area contributed by atoms with E-state index in [-0.39, 0.29) is 11.3 Å². The van der Waals surface area contributed by atoms with Crippen molar-refractivity contribution >= 4 is 11.6 Å². The molecule has 1 aliphatic rings. The van der Waals surface area contributed by atoms with Gasteiger partial charge >= 0.3 is 0 Å². The molecule has 1 aromatic carbocycles. The van der Waals surface area contributed by atoms with Crippen molar-refractivity contribution in [2.24, 2.45) is 5.41 Å². The Morgan fingerprint density at radius 3 is 2.86 bits per heavy atom. The van der Waals surface area contributed by atoms with Crippen LogP contribution in [0, 0.1) is 16.7 Å². The fourth-order valence-corrected chi connectivity index (χ4v) is 2.09. The molecule has 0 atom stereocenters. The SMILES string of the molecule is CC(C)(CCC#N)CNc1cccc(C(=O)NC2CC2)c1. The van der Waals surface area contributed by atoms with E-state index in [0.29, 0.717) is 18.0 Å². The lowest BCUT2D eigenvalue weighted by molar-refractivity contribution is 0.0951. The van der Waals surface area contributed by atoms with E-state index in [1.54, 1.807) is 0 Å². The average Bonchev–Trinajstić information content (AvgIpc) is 3.27. The summed E-state index contributed by atoms with van der Waals surface area (Å²) in [5.41, 5.74) is 1.70. The molecule has 0 spiro atoms. The second kappa shape index (κ2) is 6.62. The van der Waals surface area contributed by atoms with Crippen molar-refractivity contribution in [3.05, 3.63) is 29.8 Å². The minimum absolute atomic E-state index is 0.00453. The molecule has 21 heavy (non-hydrogen) atoms. The monoisotopic (exact) mass is 285 g/mol. The van der Waals surface area contributed by atoms with Gasteiger partial charge < -0.3 is 10.6 Å². The van der Waals surface area contributed by atoms with Gasteiger partial charge in [0.1, 0.15) is 0 Å². The minimum atomic E-state index is 0.00453. The van der Waals surface area contributed by atoms with E-state index in [4.69, 9.17) is 5.26 Å². The highest BCUT2D eigenvalue weighted by atomic mass is 16.1. The van der Waals surface area contributed by atoms with Gasteiger partial charge in [0, 0.05) is 30.3 Å². The molecule has 4 nitrogen and oxygen atoms in total. The van der Waals surface area contributed by atoms with Gasteiger partial charge in [-0.05, 0) is 42.9 Å². The summed E-state index contributed by atoms with van der Waals surface area (Å²) >= 11 is 0. The lowest BCUT2D eigenvalue weighted by Gasteiger charge is -2.24. The quantitative estimate of drug-likeness (QED) is 0.807. The number of benzene rings is 1.